The fourth-order valence-electron chi connectivity index (χ4n) is 2.18. The van der Waals surface area contributed by atoms with E-state index in [-0.39, 0.29) is 11.3 Å². The third-order valence-electron chi connectivity index (χ3n) is 3.33. The molecule has 2 rings (SSSR count). The van der Waals surface area contributed by atoms with Crippen LogP contribution in [0.15, 0.2) is 36.4 Å². The minimum Gasteiger partial charge on any atom is -0.354 e. The molecule has 106 valence electrons. The molecule has 0 aliphatic heterocycles. The van der Waals surface area contributed by atoms with Crippen molar-refractivity contribution < 1.29 is 4.92 Å². The average molecular weight is 281 g/mol. The maximum absolute atomic E-state index is 10.8. The topological polar surface area (TPSA) is 79.0 Å². The number of nitrogens with zero attached hydrogens (tertiary/aromatic N) is 2. The van der Waals surface area contributed by atoms with Gasteiger partial charge in [0.2, 0.25) is 0 Å². The number of anilines is 2. The van der Waals surface area contributed by atoms with E-state index in [1.54, 1.807) is 6.07 Å². The first kappa shape index (κ1) is 14.5. The predicted octanol–water partition coefficient (Wildman–Crippen LogP) is 4.08. The molecule has 0 saturated heterocycles. The highest BCUT2D eigenvalue weighted by Crippen LogP contribution is 2.29. The molecule has 0 amide bonds. The molecule has 0 heterocycles. The molecule has 0 fully saturated rings. The zero-order valence-corrected chi connectivity index (χ0v) is 11.9. The van der Waals surface area contributed by atoms with E-state index in [1.807, 2.05) is 31.2 Å². The van der Waals surface area contributed by atoms with Crippen LogP contribution in [-0.4, -0.2) is 4.92 Å². The van der Waals surface area contributed by atoms with E-state index in [0.29, 0.717) is 5.69 Å². The van der Waals surface area contributed by atoms with E-state index in [2.05, 4.69) is 12.2 Å². The molecule has 2 aromatic rings. The van der Waals surface area contributed by atoms with Crippen molar-refractivity contribution in [3.05, 3.63) is 63.2 Å². The Morgan fingerprint density at radius 1 is 1.33 bits per heavy atom. The molecule has 21 heavy (non-hydrogen) atoms. The highest BCUT2D eigenvalue weighted by atomic mass is 16.6. The van der Waals surface area contributed by atoms with E-state index < -0.39 is 4.92 Å². The van der Waals surface area contributed by atoms with Crippen LogP contribution in [0.5, 0.6) is 0 Å². The van der Waals surface area contributed by atoms with Gasteiger partial charge in [0.15, 0.2) is 0 Å². The van der Waals surface area contributed by atoms with Gasteiger partial charge < -0.3 is 5.32 Å². The van der Waals surface area contributed by atoms with Crippen LogP contribution >= 0.6 is 0 Å². The van der Waals surface area contributed by atoms with Gasteiger partial charge in [0.1, 0.15) is 6.07 Å². The Hall–Kier alpha value is -2.87. The van der Waals surface area contributed by atoms with Crippen molar-refractivity contribution in [1.29, 1.82) is 5.26 Å². The number of aryl methyl sites for hydroxylation is 2. The monoisotopic (exact) mass is 281 g/mol. The number of nitro groups is 1. The Labute approximate surface area is 123 Å². The van der Waals surface area contributed by atoms with Crippen molar-refractivity contribution in [3.8, 4) is 6.07 Å². The lowest BCUT2D eigenvalue weighted by molar-refractivity contribution is -0.384. The smallest absolute Gasteiger partial charge is 0.270 e. The molecule has 0 radical (unpaired) electrons. The van der Waals surface area contributed by atoms with Gasteiger partial charge in [-0.3, -0.25) is 10.1 Å². The summed E-state index contributed by atoms with van der Waals surface area (Å²) in [7, 11) is 0. The molecule has 0 unspecified atom stereocenters. The van der Waals surface area contributed by atoms with E-state index in [4.69, 9.17) is 0 Å². The molecular weight excluding hydrogens is 266 g/mol. The summed E-state index contributed by atoms with van der Waals surface area (Å²) in [4.78, 5) is 10.3. The van der Waals surface area contributed by atoms with Crippen LogP contribution in [0.2, 0.25) is 0 Å². The van der Waals surface area contributed by atoms with Crippen LogP contribution in [0.25, 0.3) is 0 Å². The van der Waals surface area contributed by atoms with Gasteiger partial charge in [-0.25, -0.2) is 0 Å². The van der Waals surface area contributed by atoms with Gasteiger partial charge in [-0.2, -0.15) is 5.26 Å². The molecule has 2 aromatic carbocycles. The lowest BCUT2D eigenvalue weighted by Crippen LogP contribution is -2.00. The Morgan fingerprint density at radius 3 is 2.71 bits per heavy atom. The molecule has 0 spiro atoms. The Bertz CT molecular complexity index is 733. The summed E-state index contributed by atoms with van der Waals surface area (Å²) in [6, 6.07) is 12.2. The minimum atomic E-state index is -0.504. The highest BCUT2D eigenvalue weighted by molar-refractivity contribution is 5.72. The number of non-ortho nitro benzene ring substituents is 1. The molecule has 5 heteroatoms. The highest BCUT2D eigenvalue weighted by Gasteiger charge is 2.12. The van der Waals surface area contributed by atoms with Gasteiger partial charge in [0.05, 0.1) is 16.2 Å². The minimum absolute atomic E-state index is 0.0856. The van der Waals surface area contributed by atoms with E-state index >= 15 is 0 Å². The zero-order valence-electron chi connectivity index (χ0n) is 11.9. The number of para-hydroxylation sites is 1. The maximum Gasteiger partial charge on any atom is 0.270 e. The summed E-state index contributed by atoms with van der Waals surface area (Å²) in [6.07, 6.45) is 0.860. The van der Waals surface area contributed by atoms with Gasteiger partial charge in [-0.1, -0.05) is 25.1 Å². The summed E-state index contributed by atoms with van der Waals surface area (Å²) in [5.74, 6) is 0. The maximum atomic E-state index is 10.8. The summed E-state index contributed by atoms with van der Waals surface area (Å²) >= 11 is 0. The Kier molecular flexibility index (Phi) is 4.19. The lowest BCUT2D eigenvalue weighted by Gasteiger charge is -2.14. The fourth-order valence-corrected chi connectivity index (χ4v) is 2.18. The van der Waals surface area contributed by atoms with Gasteiger partial charge in [-0.15, -0.1) is 0 Å². The number of nitriles is 1. The van der Waals surface area contributed by atoms with Crippen LogP contribution in [0.4, 0.5) is 17.1 Å². The summed E-state index contributed by atoms with van der Waals surface area (Å²) in [6.45, 7) is 4.04. The Balaban J connectivity index is 2.46. The second-order valence-corrected chi connectivity index (χ2v) is 4.69. The van der Waals surface area contributed by atoms with Crippen molar-refractivity contribution in [1.82, 2.24) is 0 Å². The zero-order chi connectivity index (χ0) is 15.4. The molecule has 0 aliphatic carbocycles. The van der Waals surface area contributed by atoms with Crippen LogP contribution in [-0.2, 0) is 6.42 Å². The standard InChI is InChI=1S/C16H15N3O2/c1-3-12-6-4-5-11(2)16(12)18-15-8-7-14(19(20)21)9-13(15)10-17/h4-9,18H,3H2,1-2H3. The van der Waals surface area contributed by atoms with Gasteiger partial charge in [-0.05, 0) is 30.5 Å². The number of benzene rings is 2. The van der Waals surface area contributed by atoms with Gasteiger partial charge >= 0.3 is 0 Å². The van der Waals surface area contributed by atoms with Crippen LogP contribution < -0.4 is 5.32 Å². The van der Waals surface area contributed by atoms with Gasteiger partial charge in [0.25, 0.3) is 5.69 Å². The molecule has 5 nitrogen and oxygen atoms in total. The summed E-state index contributed by atoms with van der Waals surface area (Å²) in [5.41, 5.74) is 3.90. The first-order chi connectivity index (χ1) is 10.1. The van der Waals surface area contributed by atoms with Crippen LogP contribution in [0.3, 0.4) is 0 Å². The number of rotatable bonds is 4. The molecule has 0 aromatic heterocycles. The van der Waals surface area contributed by atoms with Crippen molar-refractivity contribution in [2.24, 2.45) is 0 Å². The van der Waals surface area contributed by atoms with E-state index in [9.17, 15) is 15.4 Å². The van der Waals surface area contributed by atoms with Crippen LogP contribution in [0, 0.1) is 28.4 Å². The molecule has 0 atom stereocenters. The summed E-state index contributed by atoms with van der Waals surface area (Å²) < 4.78 is 0. The Morgan fingerprint density at radius 2 is 2.10 bits per heavy atom. The van der Waals surface area contributed by atoms with Crippen molar-refractivity contribution in [2.75, 3.05) is 5.32 Å². The molecule has 0 saturated carbocycles. The van der Waals surface area contributed by atoms with E-state index in [1.165, 1.54) is 12.1 Å². The fraction of sp³-hybridized carbons (Fsp3) is 0.188. The van der Waals surface area contributed by atoms with E-state index in [0.717, 1.165) is 23.2 Å². The molecular formula is C16H15N3O2. The SMILES string of the molecule is CCc1cccc(C)c1Nc1ccc([N+](=O)[O-])cc1C#N. The van der Waals surface area contributed by atoms with Crippen LogP contribution in [0.1, 0.15) is 23.6 Å². The predicted molar refractivity (Wildman–Crippen MR) is 81.7 cm³/mol. The second kappa shape index (κ2) is 6.06. The lowest BCUT2D eigenvalue weighted by atomic mass is 10.0. The number of nitro benzene ring substituents is 1. The summed E-state index contributed by atoms with van der Waals surface area (Å²) in [5, 5.41) is 23.2. The second-order valence-electron chi connectivity index (χ2n) is 4.69. The first-order valence-electron chi connectivity index (χ1n) is 6.61. The largest absolute Gasteiger partial charge is 0.354 e. The number of hydrogen-bond acceptors (Lipinski definition) is 4. The molecule has 1 N–H and O–H groups in total. The number of hydrogen-bond donors (Lipinski definition) is 1. The third kappa shape index (κ3) is 3.00. The third-order valence-corrected chi connectivity index (χ3v) is 3.33. The van der Waals surface area contributed by atoms with Crippen molar-refractivity contribution in [3.63, 3.8) is 0 Å². The first-order valence-corrected chi connectivity index (χ1v) is 6.61. The van der Waals surface area contributed by atoms with Gasteiger partial charge in [0, 0.05) is 17.8 Å². The number of nitrogens with one attached hydrogen (secondary N) is 1. The van der Waals surface area contributed by atoms with Crippen molar-refractivity contribution >= 4 is 17.1 Å². The molecule has 0 aliphatic rings. The average Bonchev–Trinajstić information content (AvgIpc) is 2.49. The molecule has 0 bridgehead atoms. The normalized spacial score (nSPS) is 9.95. The quantitative estimate of drug-likeness (QED) is 0.676. The van der Waals surface area contributed by atoms with Crippen molar-refractivity contribution in [2.45, 2.75) is 20.3 Å².